The molecule has 6 rings (SSSR count). The molecule has 0 amide bonds. The van der Waals surface area contributed by atoms with Gasteiger partial charge in [-0.15, -0.1) is 0 Å². The van der Waals surface area contributed by atoms with E-state index in [1.165, 1.54) is 0 Å². The van der Waals surface area contributed by atoms with Crippen LogP contribution in [0.15, 0.2) is 71.2 Å². The third-order valence-electron chi connectivity index (χ3n) is 5.40. The Morgan fingerprint density at radius 3 is 2.68 bits per heavy atom. The molecule has 0 aliphatic heterocycles. The van der Waals surface area contributed by atoms with Crippen LogP contribution in [-0.2, 0) is 0 Å². The Kier molecular flexibility index (Phi) is 4.09. The van der Waals surface area contributed by atoms with Gasteiger partial charge in [-0.3, -0.25) is 4.79 Å². The molecule has 2 heterocycles. The SMILES string of the molecule is COc1cccc(-c2nn(-c3nc4ccc(Br)cc4s3)c3c2C(=O)c2ccccc2-3)c1. The van der Waals surface area contributed by atoms with Crippen molar-refractivity contribution in [1.82, 2.24) is 14.8 Å². The van der Waals surface area contributed by atoms with Gasteiger partial charge in [0.1, 0.15) is 11.4 Å². The maximum atomic E-state index is 13.4. The van der Waals surface area contributed by atoms with Crippen LogP contribution >= 0.6 is 27.3 Å². The van der Waals surface area contributed by atoms with Crippen molar-refractivity contribution in [3.63, 3.8) is 0 Å². The predicted molar refractivity (Wildman–Crippen MR) is 125 cm³/mol. The fourth-order valence-corrected chi connectivity index (χ4v) is 5.47. The molecule has 0 N–H and O–H groups in total. The van der Waals surface area contributed by atoms with E-state index in [2.05, 4.69) is 15.9 Å². The quantitative estimate of drug-likeness (QED) is 0.301. The highest BCUT2D eigenvalue weighted by molar-refractivity contribution is 9.10. The zero-order valence-electron chi connectivity index (χ0n) is 16.3. The third kappa shape index (κ3) is 2.77. The van der Waals surface area contributed by atoms with E-state index in [-0.39, 0.29) is 5.78 Å². The summed E-state index contributed by atoms with van der Waals surface area (Å²) < 4.78 is 9.25. The summed E-state index contributed by atoms with van der Waals surface area (Å²) in [6.07, 6.45) is 0. The van der Waals surface area contributed by atoms with E-state index in [0.29, 0.717) is 22.6 Å². The summed E-state index contributed by atoms with van der Waals surface area (Å²) in [5, 5.41) is 5.62. The summed E-state index contributed by atoms with van der Waals surface area (Å²) in [7, 11) is 1.63. The molecular weight excluding hydrogens is 474 g/mol. The molecule has 0 saturated heterocycles. The van der Waals surface area contributed by atoms with Gasteiger partial charge in [-0.1, -0.05) is 63.7 Å². The molecule has 0 fully saturated rings. The first-order valence-corrected chi connectivity index (χ1v) is 11.2. The summed E-state index contributed by atoms with van der Waals surface area (Å²) in [5.74, 6) is 0.701. The van der Waals surface area contributed by atoms with Crippen molar-refractivity contribution in [2.75, 3.05) is 7.11 Å². The Morgan fingerprint density at radius 1 is 1.00 bits per heavy atom. The van der Waals surface area contributed by atoms with Crippen molar-refractivity contribution in [2.24, 2.45) is 0 Å². The highest BCUT2D eigenvalue weighted by Crippen LogP contribution is 2.44. The first-order chi connectivity index (χ1) is 15.1. The molecule has 1 aliphatic carbocycles. The van der Waals surface area contributed by atoms with Crippen LogP contribution in [0.2, 0.25) is 0 Å². The smallest absolute Gasteiger partial charge is 0.212 e. The number of carbonyl (C=O) groups is 1. The van der Waals surface area contributed by atoms with E-state index >= 15 is 0 Å². The molecule has 3 aromatic carbocycles. The number of thiazole rings is 1. The molecule has 5 aromatic rings. The van der Waals surface area contributed by atoms with Crippen molar-refractivity contribution in [3.8, 4) is 33.4 Å². The minimum absolute atomic E-state index is 0.0153. The molecule has 0 spiro atoms. The number of nitrogens with zero attached hydrogens (tertiary/aromatic N) is 3. The largest absolute Gasteiger partial charge is 0.497 e. The zero-order chi connectivity index (χ0) is 21.1. The topological polar surface area (TPSA) is 57.0 Å². The Bertz CT molecular complexity index is 1520. The maximum Gasteiger partial charge on any atom is 0.212 e. The molecule has 0 saturated carbocycles. The molecular formula is C24H14BrN3O2S. The first kappa shape index (κ1) is 18.5. The molecule has 0 radical (unpaired) electrons. The van der Waals surface area contributed by atoms with Gasteiger partial charge in [0.2, 0.25) is 5.13 Å². The van der Waals surface area contributed by atoms with E-state index in [1.54, 1.807) is 18.4 Å². The van der Waals surface area contributed by atoms with Crippen LogP contribution in [0, 0.1) is 0 Å². The number of methoxy groups -OCH3 is 1. The lowest BCUT2D eigenvalue weighted by molar-refractivity contribution is 0.104. The van der Waals surface area contributed by atoms with Crippen LogP contribution < -0.4 is 4.74 Å². The first-order valence-electron chi connectivity index (χ1n) is 9.62. The minimum Gasteiger partial charge on any atom is -0.497 e. The van der Waals surface area contributed by atoms with Gasteiger partial charge in [0, 0.05) is 21.2 Å². The van der Waals surface area contributed by atoms with Gasteiger partial charge in [-0.25, -0.2) is 9.67 Å². The summed E-state index contributed by atoms with van der Waals surface area (Å²) in [6, 6.07) is 21.3. The van der Waals surface area contributed by atoms with Crippen LogP contribution in [0.5, 0.6) is 5.75 Å². The highest BCUT2D eigenvalue weighted by Gasteiger charge is 2.36. The lowest BCUT2D eigenvalue weighted by Crippen LogP contribution is -2.00. The van der Waals surface area contributed by atoms with Crippen molar-refractivity contribution in [3.05, 3.63) is 82.3 Å². The Balaban J connectivity index is 1.65. The minimum atomic E-state index is -0.0153. The Labute approximate surface area is 190 Å². The van der Waals surface area contributed by atoms with Gasteiger partial charge >= 0.3 is 0 Å². The van der Waals surface area contributed by atoms with Gasteiger partial charge in [-0.05, 0) is 30.3 Å². The average molecular weight is 488 g/mol. The van der Waals surface area contributed by atoms with E-state index in [1.807, 2.05) is 71.4 Å². The number of rotatable bonds is 3. The van der Waals surface area contributed by atoms with Crippen molar-refractivity contribution < 1.29 is 9.53 Å². The van der Waals surface area contributed by atoms with E-state index in [9.17, 15) is 4.79 Å². The molecule has 150 valence electrons. The molecule has 5 nitrogen and oxygen atoms in total. The second-order valence-electron chi connectivity index (χ2n) is 7.20. The fraction of sp³-hybridized carbons (Fsp3) is 0.0417. The fourth-order valence-electron chi connectivity index (χ4n) is 3.99. The van der Waals surface area contributed by atoms with Gasteiger partial charge in [-0.2, -0.15) is 5.10 Å². The number of aromatic nitrogens is 3. The highest BCUT2D eigenvalue weighted by atomic mass is 79.9. The summed E-state index contributed by atoms with van der Waals surface area (Å²) in [5.41, 5.74) is 5.33. The van der Waals surface area contributed by atoms with E-state index < -0.39 is 0 Å². The maximum absolute atomic E-state index is 13.4. The van der Waals surface area contributed by atoms with Crippen LogP contribution in [-0.4, -0.2) is 27.7 Å². The number of fused-ring (bicyclic) bond motifs is 4. The van der Waals surface area contributed by atoms with Crippen molar-refractivity contribution in [1.29, 1.82) is 0 Å². The normalized spacial score (nSPS) is 12.3. The van der Waals surface area contributed by atoms with Gasteiger partial charge in [0.05, 0.1) is 28.6 Å². The number of halogens is 1. The standard InChI is InChI=1S/C24H14BrN3O2S/c1-30-15-6-4-5-13(11-15)21-20-22(16-7-2-3-8-17(16)23(20)29)28(27-21)24-26-18-10-9-14(25)12-19(18)31-24/h2-12H,1H3. The second kappa shape index (κ2) is 6.87. The van der Waals surface area contributed by atoms with Crippen molar-refractivity contribution >= 4 is 43.3 Å². The second-order valence-corrected chi connectivity index (χ2v) is 9.12. The molecule has 0 bridgehead atoms. The number of ether oxygens (including phenoxy) is 1. The number of hydrogen-bond donors (Lipinski definition) is 0. The van der Waals surface area contributed by atoms with Crippen LogP contribution in [0.1, 0.15) is 15.9 Å². The lowest BCUT2D eigenvalue weighted by Gasteiger charge is -2.04. The molecule has 0 atom stereocenters. The van der Waals surface area contributed by atoms with E-state index in [4.69, 9.17) is 14.8 Å². The number of hydrogen-bond acceptors (Lipinski definition) is 5. The number of carbonyl (C=O) groups excluding carboxylic acids is 1. The monoisotopic (exact) mass is 487 g/mol. The Hall–Kier alpha value is -3.29. The van der Waals surface area contributed by atoms with Gasteiger partial charge in [0.15, 0.2) is 5.78 Å². The molecule has 7 heteroatoms. The predicted octanol–water partition coefficient (Wildman–Crippen LogP) is 6.13. The summed E-state index contributed by atoms with van der Waals surface area (Å²) in [6.45, 7) is 0. The zero-order valence-corrected chi connectivity index (χ0v) is 18.7. The summed E-state index contributed by atoms with van der Waals surface area (Å²) >= 11 is 5.07. The van der Waals surface area contributed by atoms with Crippen molar-refractivity contribution in [2.45, 2.75) is 0 Å². The average Bonchev–Trinajstić information content (AvgIpc) is 3.46. The summed E-state index contributed by atoms with van der Waals surface area (Å²) in [4.78, 5) is 18.2. The van der Waals surface area contributed by atoms with Crippen LogP contribution in [0.3, 0.4) is 0 Å². The molecule has 31 heavy (non-hydrogen) atoms. The van der Waals surface area contributed by atoms with Gasteiger partial charge in [0.25, 0.3) is 0 Å². The van der Waals surface area contributed by atoms with E-state index in [0.717, 1.165) is 36.6 Å². The number of benzene rings is 3. The Morgan fingerprint density at radius 2 is 1.84 bits per heavy atom. The van der Waals surface area contributed by atoms with Crippen LogP contribution in [0.25, 0.3) is 37.9 Å². The van der Waals surface area contributed by atoms with Gasteiger partial charge < -0.3 is 4.74 Å². The number of ketones is 1. The third-order valence-corrected chi connectivity index (χ3v) is 6.89. The molecule has 2 aromatic heterocycles. The molecule has 1 aliphatic rings. The molecule has 0 unspecified atom stereocenters. The van der Waals surface area contributed by atoms with Crippen LogP contribution in [0.4, 0.5) is 0 Å². The lowest BCUT2D eigenvalue weighted by atomic mass is 10.0.